The maximum Gasteiger partial charge on any atom is 0.151 e. The van der Waals surface area contributed by atoms with Gasteiger partial charge >= 0.3 is 0 Å². The highest BCUT2D eigenvalue weighted by molar-refractivity contribution is 6.46. The lowest BCUT2D eigenvalue weighted by Gasteiger charge is -2.06. The van der Waals surface area contributed by atoms with Gasteiger partial charge in [-0.1, -0.05) is 46.9 Å². The Balaban J connectivity index is 2.99. The third-order valence-electron chi connectivity index (χ3n) is 2.15. The summed E-state index contributed by atoms with van der Waals surface area (Å²) in [4.78, 5) is 10.7. The number of benzene rings is 2. The van der Waals surface area contributed by atoms with Gasteiger partial charge in [0, 0.05) is 21.4 Å². The molecule has 0 unspecified atom stereocenters. The molecule has 2 rings (SSSR count). The van der Waals surface area contributed by atoms with Crippen molar-refractivity contribution in [1.82, 2.24) is 0 Å². The molecule has 0 radical (unpaired) electrons. The van der Waals surface area contributed by atoms with Crippen LogP contribution in [0.1, 0.15) is 10.4 Å². The minimum absolute atomic E-state index is 0.372. The summed E-state index contributed by atoms with van der Waals surface area (Å²) in [6, 6.07) is 6.79. The van der Waals surface area contributed by atoms with Crippen molar-refractivity contribution in [2.75, 3.05) is 0 Å². The number of aldehydes is 1. The van der Waals surface area contributed by atoms with Crippen LogP contribution in [0.2, 0.25) is 15.1 Å². The smallest absolute Gasteiger partial charge is 0.151 e. The molecule has 0 aliphatic rings. The van der Waals surface area contributed by atoms with Crippen LogP contribution in [0.15, 0.2) is 24.3 Å². The summed E-state index contributed by atoms with van der Waals surface area (Å²) in [5.74, 6) is 0. The molecule has 0 heterocycles. The average Bonchev–Trinajstić information content (AvgIpc) is 2.23. The second-order valence-corrected chi connectivity index (χ2v) is 4.23. The van der Waals surface area contributed by atoms with Crippen molar-refractivity contribution in [1.29, 1.82) is 0 Å². The van der Waals surface area contributed by atoms with Crippen molar-refractivity contribution in [3.8, 4) is 0 Å². The normalized spacial score (nSPS) is 10.6. The Labute approximate surface area is 102 Å². The topological polar surface area (TPSA) is 17.1 Å². The van der Waals surface area contributed by atoms with Gasteiger partial charge in [0.05, 0.1) is 10.0 Å². The number of rotatable bonds is 1. The molecule has 76 valence electrons. The third kappa shape index (κ3) is 1.71. The van der Waals surface area contributed by atoms with Gasteiger partial charge < -0.3 is 0 Å². The van der Waals surface area contributed by atoms with Crippen molar-refractivity contribution >= 4 is 51.9 Å². The molecule has 2 aromatic rings. The minimum atomic E-state index is 0.372. The second-order valence-electron chi connectivity index (χ2n) is 3.04. The van der Waals surface area contributed by atoms with Crippen LogP contribution in [0.4, 0.5) is 0 Å². The lowest BCUT2D eigenvalue weighted by Crippen LogP contribution is -1.86. The predicted octanol–water partition coefficient (Wildman–Crippen LogP) is 4.61. The lowest BCUT2D eigenvalue weighted by atomic mass is 10.1. The van der Waals surface area contributed by atoms with E-state index in [-0.39, 0.29) is 0 Å². The van der Waals surface area contributed by atoms with E-state index in [2.05, 4.69) is 0 Å². The monoisotopic (exact) mass is 258 g/mol. The number of carbonyl (C=O) groups is 1. The number of carbonyl (C=O) groups excluding carboxylic acids is 1. The highest BCUT2D eigenvalue weighted by Crippen LogP contribution is 2.36. The lowest BCUT2D eigenvalue weighted by molar-refractivity contribution is 0.112. The van der Waals surface area contributed by atoms with Gasteiger partial charge in [0.1, 0.15) is 0 Å². The van der Waals surface area contributed by atoms with Crippen LogP contribution in [0.5, 0.6) is 0 Å². The zero-order chi connectivity index (χ0) is 11.0. The first-order chi connectivity index (χ1) is 7.15. The zero-order valence-corrected chi connectivity index (χ0v) is 9.70. The Morgan fingerprint density at radius 2 is 1.80 bits per heavy atom. The SMILES string of the molecule is O=Cc1cc(Cl)c2c(Cl)cccc2c1Cl. The molecule has 0 bridgehead atoms. The Morgan fingerprint density at radius 3 is 2.47 bits per heavy atom. The maximum absolute atomic E-state index is 10.7. The molecule has 1 nitrogen and oxygen atoms in total. The van der Waals surface area contributed by atoms with E-state index in [1.807, 2.05) is 0 Å². The van der Waals surface area contributed by atoms with E-state index in [4.69, 9.17) is 34.8 Å². The van der Waals surface area contributed by atoms with E-state index in [1.54, 1.807) is 18.2 Å². The summed E-state index contributed by atoms with van der Waals surface area (Å²) >= 11 is 18.1. The molecule has 0 amide bonds. The fourth-order valence-electron chi connectivity index (χ4n) is 1.46. The highest BCUT2D eigenvalue weighted by Gasteiger charge is 2.11. The Hall–Kier alpha value is -0.760. The summed E-state index contributed by atoms with van der Waals surface area (Å²) in [7, 11) is 0. The summed E-state index contributed by atoms with van der Waals surface area (Å²) in [6.07, 6.45) is 0.675. The molecule has 0 spiro atoms. The standard InChI is InChI=1S/C11H5Cl3O/c12-8-3-1-2-7-10(8)9(13)4-6(5-15)11(7)14/h1-5H. The number of halogens is 3. The third-order valence-corrected chi connectivity index (χ3v) is 3.19. The van der Waals surface area contributed by atoms with Gasteiger partial charge in [-0.15, -0.1) is 0 Å². The van der Waals surface area contributed by atoms with Gasteiger partial charge in [-0.2, -0.15) is 0 Å². The summed E-state index contributed by atoms with van der Waals surface area (Å²) in [5.41, 5.74) is 0.372. The average molecular weight is 260 g/mol. The van der Waals surface area contributed by atoms with Crippen molar-refractivity contribution < 1.29 is 4.79 Å². The molecule has 0 aliphatic carbocycles. The first-order valence-corrected chi connectivity index (χ1v) is 5.30. The van der Waals surface area contributed by atoms with Gasteiger partial charge in [-0.25, -0.2) is 0 Å². The number of fused-ring (bicyclic) bond motifs is 1. The molecular weight excluding hydrogens is 254 g/mol. The van der Waals surface area contributed by atoms with Gasteiger partial charge in [0.15, 0.2) is 6.29 Å². The van der Waals surface area contributed by atoms with Crippen LogP contribution >= 0.6 is 34.8 Å². The summed E-state index contributed by atoms with van der Waals surface area (Å²) in [5, 5.41) is 2.71. The van der Waals surface area contributed by atoms with E-state index in [1.165, 1.54) is 6.07 Å². The van der Waals surface area contributed by atoms with E-state index >= 15 is 0 Å². The maximum atomic E-state index is 10.7. The fourth-order valence-corrected chi connectivity index (χ4v) is 2.37. The van der Waals surface area contributed by atoms with Crippen molar-refractivity contribution in [2.45, 2.75) is 0 Å². The molecule has 0 aliphatic heterocycles. The van der Waals surface area contributed by atoms with Gasteiger partial charge in [-0.05, 0) is 12.1 Å². The predicted molar refractivity (Wildman–Crippen MR) is 64.4 cm³/mol. The molecular formula is C11H5Cl3O. The van der Waals surface area contributed by atoms with Crippen LogP contribution < -0.4 is 0 Å². The first-order valence-electron chi connectivity index (χ1n) is 4.16. The van der Waals surface area contributed by atoms with Crippen molar-refractivity contribution in [3.63, 3.8) is 0 Å². The van der Waals surface area contributed by atoms with Gasteiger partial charge in [0.2, 0.25) is 0 Å². The van der Waals surface area contributed by atoms with Crippen LogP contribution in [0.25, 0.3) is 10.8 Å². The number of hydrogen-bond acceptors (Lipinski definition) is 1. The Morgan fingerprint density at radius 1 is 1.07 bits per heavy atom. The minimum Gasteiger partial charge on any atom is -0.298 e. The highest BCUT2D eigenvalue weighted by atomic mass is 35.5. The molecule has 2 aromatic carbocycles. The first kappa shape index (κ1) is 10.7. The van der Waals surface area contributed by atoms with E-state index in [9.17, 15) is 4.79 Å². The van der Waals surface area contributed by atoms with Crippen molar-refractivity contribution in [2.24, 2.45) is 0 Å². The van der Waals surface area contributed by atoms with E-state index in [0.717, 1.165) is 0 Å². The zero-order valence-electron chi connectivity index (χ0n) is 7.43. The van der Waals surface area contributed by atoms with Gasteiger partial charge in [-0.3, -0.25) is 4.79 Å². The largest absolute Gasteiger partial charge is 0.298 e. The Kier molecular flexibility index (Phi) is 2.87. The molecule has 0 saturated heterocycles. The summed E-state index contributed by atoms with van der Waals surface area (Å²) < 4.78 is 0. The Bertz CT molecular complexity index is 549. The number of hydrogen-bond donors (Lipinski definition) is 0. The van der Waals surface area contributed by atoms with Crippen molar-refractivity contribution in [3.05, 3.63) is 44.9 Å². The van der Waals surface area contributed by atoms with E-state index < -0.39 is 0 Å². The molecule has 0 aromatic heterocycles. The van der Waals surface area contributed by atoms with Gasteiger partial charge in [0.25, 0.3) is 0 Å². The summed E-state index contributed by atoms with van der Waals surface area (Å²) in [6.45, 7) is 0. The fraction of sp³-hybridized carbons (Fsp3) is 0. The molecule has 0 saturated carbocycles. The molecule has 15 heavy (non-hydrogen) atoms. The molecule has 0 fully saturated rings. The van der Waals surface area contributed by atoms with Crippen LogP contribution in [0, 0.1) is 0 Å². The molecule has 0 N–H and O–H groups in total. The van der Waals surface area contributed by atoms with Crippen LogP contribution in [-0.2, 0) is 0 Å². The second kappa shape index (κ2) is 4.01. The van der Waals surface area contributed by atoms with Crippen LogP contribution in [-0.4, -0.2) is 6.29 Å². The van der Waals surface area contributed by atoms with E-state index in [0.29, 0.717) is 37.7 Å². The quantitative estimate of drug-likeness (QED) is 0.683. The molecule has 4 heteroatoms. The molecule has 0 atom stereocenters. The van der Waals surface area contributed by atoms with Crippen LogP contribution in [0.3, 0.4) is 0 Å².